The van der Waals surface area contributed by atoms with E-state index in [-0.39, 0.29) is 5.60 Å². The first-order valence-electron chi connectivity index (χ1n) is 6.14. The average Bonchev–Trinajstić information content (AvgIpc) is 2.32. The van der Waals surface area contributed by atoms with Crippen molar-refractivity contribution in [1.29, 1.82) is 0 Å². The number of hydrogen-bond donors (Lipinski definition) is 1. The Kier molecular flexibility index (Phi) is 3.89. The number of aromatic nitrogens is 1. The van der Waals surface area contributed by atoms with Gasteiger partial charge >= 0.3 is 0 Å². The van der Waals surface area contributed by atoms with Crippen LogP contribution in [0.1, 0.15) is 33.1 Å². The summed E-state index contributed by atoms with van der Waals surface area (Å²) >= 11 is 6.04. The standard InChI is InChI=1S/C13H19ClN2O/c1-3-13(2)9-10(6-8-17-13)16-11-5-4-7-15-12(11)14/h4-5,7,10,16H,3,6,8-9H2,1-2H3. The van der Waals surface area contributed by atoms with E-state index in [0.29, 0.717) is 11.2 Å². The maximum absolute atomic E-state index is 6.04. The first kappa shape index (κ1) is 12.7. The Morgan fingerprint density at radius 3 is 3.18 bits per heavy atom. The molecule has 94 valence electrons. The number of pyridine rings is 1. The van der Waals surface area contributed by atoms with Gasteiger partial charge in [-0.1, -0.05) is 18.5 Å². The first-order chi connectivity index (χ1) is 8.13. The van der Waals surface area contributed by atoms with Gasteiger partial charge < -0.3 is 10.1 Å². The fraction of sp³-hybridized carbons (Fsp3) is 0.615. The Bertz CT molecular complexity index is 385. The highest BCUT2D eigenvalue weighted by molar-refractivity contribution is 6.31. The zero-order chi connectivity index (χ0) is 12.3. The van der Waals surface area contributed by atoms with Crippen LogP contribution in [0.25, 0.3) is 0 Å². The summed E-state index contributed by atoms with van der Waals surface area (Å²) in [5, 5.41) is 4.00. The number of nitrogens with one attached hydrogen (secondary N) is 1. The van der Waals surface area contributed by atoms with Crippen molar-refractivity contribution in [3.05, 3.63) is 23.5 Å². The van der Waals surface area contributed by atoms with Gasteiger partial charge in [0.25, 0.3) is 0 Å². The average molecular weight is 255 g/mol. The molecule has 1 aliphatic heterocycles. The lowest BCUT2D eigenvalue weighted by Gasteiger charge is -2.38. The Morgan fingerprint density at radius 1 is 1.65 bits per heavy atom. The number of rotatable bonds is 3. The third kappa shape index (κ3) is 3.11. The molecule has 2 heterocycles. The number of ether oxygens (including phenoxy) is 1. The molecule has 1 saturated heterocycles. The van der Waals surface area contributed by atoms with Crippen LogP contribution in [0, 0.1) is 0 Å². The lowest BCUT2D eigenvalue weighted by Crippen LogP contribution is -2.41. The molecule has 1 N–H and O–H groups in total. The number of hydrogen-bond acceptors (Lipinski definition) is 3. The quantitative estimate of drug-likeness (QED) is 0.839. The lowest BCUT2D eigenvalue weighted by atomic mass is 9.90. The predicted octanol–water partition coefficient (Wildman–Crippen LogP) is 3.49. The molecule has 1 fully saturated rings. The van der Waals surface area contributed by atoms with E-state index >= 15 is 0 Å². The summed E-state index contributed by atoms with van der Waals surface area (Å²) in [5.74, 6) is 0. The molecule has 4 heteroatoms. The highest BCUT2D eigenvalue weighted by Crippen LogP contribution is 2.30. The minimum absolute atomic E-state index is 0.00932. The summed E-state index contributed by atoms with van der Waals surface area (Å²) in [6.45, 7) is 5.14. The summed E-state index contributed by atoms with van der Waals surface area (Å²) in [6.07, 6.45) is 4.76. The van der Waals surface area contributed by atoms with E-state index in [2.05, 4.69) is 24.1 Å². The van der Waals surface area contributed by atoms with Gasteiger partial charge in [-0.15, -0.1) is 0 Å². The maximum atomic E-state index is 6.04. The van der Waals surface area contributed by atoms with Crippen LogP contribution in [0.2, 0.25) is 5.15 Å². The van der Waals surface area contributed by atoms with E-state index in [1.54, 1.807) is 6.20 Å². The Labute approximate surface area is 108 Å². The van der Waals surface area contributed by atoms with Crippen molar-refractivity contribution < 1.29 is 4.74 Å². The summed E-state index contributed by atoms with van der Waals surface area (Å²) < 4.78 is 5.82. The van der Waals surface area contributed by atoms with Gasteiger partial charge in [0.2, 0.25) is 0 Å². The molecule has 0 saturated carbocycles. The summed E-state index contributed by atoms with van der Waals surface area (Å²) in [4.78, 5) is 4.07. The van der Waals surface area contributed by atoms with E-state index in [0.717, 1.165) is 31.6 Å². The normalized spacial score (nSPS) is 29.0. The minimum atomic E-state index is -0.00932. The van der Waals surface area contributed by atoms with Crippen LogP contribution in [-0.2, 0) is 4.74 Å². The van der Waals surface area contributed by atoms with Crippen LogP contribution in [0.15, 0.2) is 18.3 Å². The molecule has 3 nitrogen and oxygen atoms in total. The highest BCUT2D eigenvalue weighted by Gasteiger charge is 2.31. The van der Waals surface area contributed by atoms with Crippen molar-refractivity contribution in [1.82, 2.24) is 4.98 Å². The Balaban J connectivity index is 2.02. The van der Waals surface area contributed by atoms with Crippen LogP contribution in [0.3, 0.4) is 0 Å². The molecule has 0 bridgehead atoms. The third-order valence-corrected chi connectivity index (χ3v) is 3.76. The molecule has 1 aliphatic rings. The second-order valence-corrected chi connectivity index (χ2v) is 5.19. The number of halogens is 1. The van der Waals surface area contributed by atoms with Crippen LogP contribution in [0.4, 0.5) is 5.69 Å². The fourth-order valence-electron chi connectivity index (χ4n) is 2.21. The smallest absolute Gasteiger partial charge is 0.152 e. The molecular formula is C13H19ClN2O. The minimum Gasteiger partial charge on any atom is -0.380 e. The van der Waals surface area contributed by atoms with Crippen molar-refractivity contribution in [2.75, 3.05) is 11.9 Å². The monoisotopic (exact) mass is 254 g/mol. The predicted molar refractivity (Wildman–Crippen MR) is 70.5 cm³/mol. The van der Waals surface area contributed by atoms with Gasteiger partial charge in [0.1, 0.15) is 0 Å². The molecule has 17 heavy (non-hydrogen) atoms. The fourth-order valence-corrected chi connectivity index (χ4v) is 2.39. The summed E-state index contributed by atoms with van der Waals surface area (Å²) in [7, 11) is 0. The van der Waals surface area contributed by atoms with Gasteiger partial charge in [0.15, 0.2) is 5.15 Å². The Morgan fingerprint density at radius 2 is 2.47 bits per heavy atom. The molecule has 0 aliphatic carbocycles. The number of nitrogens with zero attached hydrogens (tertiary/aromatic N) is 1. The van der Waals surface area contributed by atoms with E-state index in [4.69, 9.17) is 16.3 Å². The molecule has 2 atom stereocenters. The van der Waals surface area contributed by atoms with Crippen molar-refractivity contribution >= 4 is 17.3 Å². The van der Waals surface area contributed by atoms with Crippen molar-refractivity contribution in [3.8, 4) is 0 Å². The van der Waals surface area contributed by atoms with E-state index in [1.807, 2.05) is 12.1 Å². The first-order valence-corrected chi connectivity index (χ1v) is 6.52. The molecule has 0 amide bonds. The molecule has 0 radical (unpaired) electrons. The Hall–Kier alpha value is -0.800. The van der Waals surface area contributed by atoms with Crippen molar-refractivity contribution in [2.24, 2.45) is 0 Å². The maximum Gasteiger partial charge on any atom is 0.152 e. The van der Waals surface area contributed by atoms with Gasteiger partial charge in [-0.05, 0) is 38.3 Å². The van der Waals surface area contributed by atoms with E-state index < -0.39 is 0 Å². The van der Waals surface area contributed by atoms with Crippen molar-refractivity contribution in [2.45, 2.75) is 44.8 Å². The topological polar surface area (TPSA) is 34.2 Å². The zero-order valence-electron chi connectivity index (χ0n) is 10.4. The largest absolute Gasteiger partial charge is 0.380 e. The van der Waals surface area contributed by atoms with Crippen LogP contribution >= 0.6 is 11.6 Å². The molecule has 1 aromatic heterocycles. The van der Waals surface area contributed by atoms with Crippen molar-refractivity contribution in [3.63, 3.8) is 0 Å². The molecule has 2 unspecified atom stereocenters. The van der Waals surface area contributed by atoms with Gasteiger partial charge in [-0.2, -0.15) is 0 Å². The van der Waals surface area contributed by atoms with Crippen LogP contribution in [0.5, 0.6) is 0 Å². The highest BCUT2D eigenvalue weighted by atomic mass is 35.5. The molecule has 0 aromatic carbocycles. The second kappa shape index (κ2) is 5.23. The van der Waals surface area contributed by atoms with Gasteiger partial charge in [0, 0.05) is 18.8 Å². The van der Waals surface area contributed by atoms with E-state index in [9.17, 15) is 0 Å². The van der Waals surface area contributed by atoms with Gasteiger partial charge in [-0.3, -0.25) is 0 Å². The third-order valence-electron chi connectivity index (χ3n) is 3.46. The molecule has 2 rings (SSSR count). The molecule has 1 aromatic rings. The SMILES string of the molecule is CCC1(C)CC(Nc2cccnc2Cl)CCO1. The molecular weight excluding hydrogens is 236 g/mol. The van der Waals surface area contributed by atoms with E-state index in [1.165, 1.54) is 0 Å². The van der Waals surface area contributed by atoms with Crippen LogP contribution < -0.4 is 5.32 Å². The molecule has 0 spiro atoms. The number of anilines is 1. The van der Waals surface area contributed by atoms with Crippen LogP contribution in [-0.4, -0.2) is 23.2 Å². The summed E-state index contributed by atoms with van der Waals surface area (Å²) in [5.41, 5.74) is 0.907. The lowest BCUT2D eigenvalue weighted by molar-refractivity contribution is -0.0708. The van der Waals surface area contributed by atoms with Gasteiger partial charge in [-0.25, -0.2) is 4.98 Å². The zero-order valence-corrected chi connectivity index (χ0v) is 11.1. The second-order valence-electron chi connectivity index (χ2n) is 4.83. The summed E-state index contributed by atoms with van der Waals surface area (Å²) in [6, 6.07) is 4.27. The van der Waals surface area contributed by atoms with Gasteiger partial charge in [0.05, 0.1) is 11.3 Å².